The number of benzene rings is 1. The van der Waals surface area contributed by atoms with Crippen molar-refractivity contribution >= 4 is 17.6 Å². The molecule has 2 N–H and O–H groups in total. The van der Waals surface area contributed by atoms with Crippen LogP contribution in [0.15, 0.2) is 24.3 Å². The van der Waals surface area contributed by atoms with E-state index < -0.39 is 5.41 Å². The highest BCUT2D eigenvalue weighted by atomic mass is 35.5. The maximum absolute atomic E-state index is 12.1. The van der Waals surface area contributed by atoms with Gasteiger partial charge in [0.25, 0.3) is 0 Å². The fourth-order valence-corrected chi connectivity index (χ4v) is 2.05. The summed E-state index contributed by atoms with van der Waals surface area (Å²) in [6.07, 6.45) is 1.38. The lowest BCUT2D eigenvalue weighted by molar-refractivity contribution is -0.157. The van der Waals surface area contributed by atoms with Gasteiger partial charge in [0.1, 0.15) is 6.61 Å². The van der Waals surface area contributed by atoms with Crippen LogP contribution in [0.4, 0.5) is 0 Å². The summed E-state index contributed by atoms with van der Waals surface area (Å²) in [6.45, 7) is 4.46. The molecule has 0 unspecified atom stereocenters. The lowest BCUT2D eigenvalue weighted by atomic mass is 9.82. The van der Waals surface area contributed by atoms with Crippen molar-refractivity contribution in [1.82, 2.24) is 0 Å². The number of ether oxygens (including phenoxy) is 1. The van der Waals surface area contributed by atoms with Crippen LogP contribution in [0.3, 0.4) is 0 Å². The van der Waals surface area contributed by atoms with E-state index in [-0.39, 0.29) is 12.6 Å². The lowest BCUT2D eigenvalue weighted by Crippen LogP contribution is -2.38. The summed E-state index contributed by atoms with van der Waals surface area (Å²) in [4.78, 5) is 12.1. The molecule has 0 heterocycles. The van der Waals surface area contributed by atoms with E-state index in [2.05, 4.69) is 0 Å². The van der Waals surface area contributed by atoms with Crippen LogP contribution in [0.1, 0.15) is 32.3 Å². The molecule has 0 aromatic heterocycles. The fraction of sp³-hybridized carbons (Fsp3) is 0.500. The van der Waals surface area contributed by atoms with Crippen LogP contribution >= 0.6 is 11.6 Å². The van der Waals surface area contributed by atoms with Crippen molar-refractivity contribution < 1.29 is 9.53 Å². The zero-order valence-corrected chi connectivity index (χ0v) is 11.7. The van der Waals surface area contributed by atoms with Gasteiger partial charge < -0.3 is 10.5 Å². The Kier molecular flexibility index (Phi) is 5.63. The van der Waals surface area contributed by atoms with Crippen molar-refractivity contribution in [1.29, 1.82) is 0 Å². The van der Waals surface area contributed by atoms with Crippen LogP contribution in [-0.4, -0.2) is 12.5 Å². The van der Waals surface area contributed by atoms with E-state index in [0.717, 1.165) is 5.56 Å². The van der Waals surface area contributed by atoms with Crippen molar-refractivity contribution in [3.63, 3.8) is 0 Å². The Bertz CT molecular complexity index is 394. The van der Waals surface area contributed by atoms with E-state index in [1.807, 2.05) is 26.0 Å². The number of carbonyl (C=O) groups is 1. The second-order valence-electron chi connectivity index (χ2n) is 4.40. The van der Waals surface area contributed by atoms with Gasteiger partial charge >= 0.3 is 5.97 Å². The summed E-state index contributed by atoms with van der Waals surface area (Å²) < 4.78 is 5.34. The molecule has 0 amide bonds. The molecular weight excluding hydrogens is 250 g/mol. The first kappa shape index (κ1) is 15.0. The van der Waals surface area contributed by atoms with Crippen molar-refractivity contribution in [2.24, 2.45) is 11.1 Å². The third-order valence-corrected chi connectivity index (χ3v) is 3.67. The van der Waals surface area contributed by atoms with E-state index in [1.54, 1.807) is 12.1 Å². The predicted molar refractivity (Wildman–Crippen MR) is 73.3 cm³/mol. The average Bonchev–Trinajstić information content (AvgIpc) is 2.39. The molecular formula is C14H20ClNO2. The Hall–Kier alpha value is -1.06. The molecule has 18 heavy (non-hydrogen) atoms. The normalized spacial score (nSPS) is 11.3. The Balaban J connectivity index is 2.65. The number of hydrogen-bond donors (Lipinski definition) is 1. The van der Waals surface area contributed by atoms with E-state index in [4.69, 9.17) is 22.1 Å². The highest BCUT2D eigenvalue weighted by Gasteiger charge is 2.34. The van der Waals surface area contributed by atoms with Crippen LogP contribution in [-0.2, 0) is 16.1 Å². The summed E-state index contributed by atoms with van der Waals surface area (Å²) in [5.41, 5.74) is 6.03. The van der Waals surface area contributed by atoms with Gasteiger partial charge in [-0.15, -0.1) is 0 Å². The number of esters is 1. The molecule has 100 valence electrons. The quantitative estimate of drug-likeness (QED) is 0.807. The summed E-state index contributed by atoms with van der Waals surface area (Å²) in [5.74, 6) is -0.227. The van der Waals surface area contributed by atoms with Gasteiger partial charge in [-0.05, 0) is 30.5 Å². The molecule has 1 aromatic rings. The minimum Gasteiger partial charge on any atom is -0.460 e. The number of halogens is 1. The SMILES string of the molecule is CCC(CC)(CN)C(=O)OCc1cccc(Cl)c1. The third-order valence-electron chi connectivity index (χ3n) is 3.44. The van der Waals surface area contributed by atoms with Gasteiger partial charge in [-0.2, -0.15) is 0 Å². The molecule has 0 saturated heterocycles. The van der Waals surface area contributed by atoms with Crippen molar-refractivity contribution in [3.8, 4) is 0 Å². The second-order valence-corrected chi connectivity index (χ2v) is 4.83. The van der Waals surface area contributed by atoms with Crippen LogP contribution in [0.2, 0.25) is 5.02 Å². The molecule has 1 aromatic carbocycles. The Morgan fingerprint density at radius 2 is 2.06 bits per heavy atom. The standard InChI is InChI=1S/C14H20ClNO2/c1-3-14(4-2,10-16)13(17)18-9-11-6-5-7-12(15)8-11/h5-8H,3-4,9-10,16H2,1-2H3. The summed E-state index contributed by atoms with van der Waals surface area (Å²) >= 11 is 5.87. The number of hydrogen-bond acceptors (Lipinski definition) is 3. The van der Waals surface area contributed by atoms with Gasteiger partial charge in [0.2, 0.25) is 0 Å². The van der Waals surface area contributed by atoms with Crippen LogP contribution < -0.4 is 5.73 Å². The van der Waals surface area contributed by atoms with Crippen molar-refractivity contribution in [3.05, 3.63) is 34.9 Å². The maximum atomic E-state index is 12.1. The van der Waals surface area contributed by atoms with Gasteiger partial charge in [0.15, 0.2) is 0 Å². The van der Waals surface area contributed by atoms with Gasteiger partial charge in [0.05, 0.1) is 5.41 Å². The van der Waals surface area contributed by atoms with Gasteiger partial charge in [-0.3, -0.25) is 4.79 Å². The Morgan fingerprint density at radius 1 is 1.39 bits per heavy atom. The summed E-state index contributed by atoms with van der Waals surface area (Å²) in [7, 11) is 0. The Labute approximate surface area is 113 Å². The molecule has 0 aliphatic heterocycles. The smallest absolute Gasteiger partial charge is 0.313 e. The minimum atomic E-state index is -0.557. The molecule has 4 heteroatoms. The van der Waals surface area contributed by atoms with Crippen molar-refractivity contribution in [2.45, 2.75) is 33.3 Å². The highest BCUT2D eigenvalue weighted by Crippen LogP contribution is 2.27. The minimum absolute atomic E-state index is 0.227. The first-order chi connectivity index (χ1) is 8.57. The first-order valence-corrected chi connectivity index (χ1v) is 6.57. The number of rotatable bonds is 6. The average molecular weight is 270 g/mol. The van der Waals surface area contributed by atoms with E-state index in [1.165, 1.54) is 0 Å². The topological polar surface area (TPSA) is 52.3 Å². The summed E-state index contributed by atoms with van der Waals surface area (Å²) in [5, 5.41) is 0.639. The zero-order valence-electron chi connectivity index (χ0n) is 10.9. The molecule has 1 rings (SSSR count). The second kappa shape index (κ2) is 6.76. The van der Waals surface area contributed by atoms with Crippen LogP contribution in [0.5, 0.6) is 0 Å². The molecule has 0 fully saturated rings. The lowest BCUT2D eigenvalue weighted by Gasteiger charge is -2.27. The highest BCUT2D eigenvalue weighted by molar-refractivity contribution is 6.30. The number of carbonyl (C=O) groups excluding carboxylic acids is 1. The van der Waals surface area contributed by atoms with Gasteiger partial charge in [-0.25, -0.2) is 0 Å². The molecule has 0 saturated carbocycles. The molecule has 0 aliphatic rings. The largest absolute Gasteiger partial charge is 0.460 e. The summed E-state index contributed by atoms with van der Waals surface area (Å²) in [6, 6.07) is 7.29. The Morgan fingerprint density at radius 3 is 2.56 bits per heavy atom. The monoisotopic (exact) mass is 269 g/mol. The molecule has 0 aliphatic carbocycles. The maximum Gasteiger partial charge on any atom is 0.313 e. The van der Waals surface area contributed by atoms with Crippen LogP contribution in [0, 0.1) is 5.41 Å². The number of nitrogens with two attached hydrogens (primary N) is 1. The molecule has 0 radical (unpaired) electrons. The zero-order chi connectivity index (χ0) is 13.6. The third kappa shape index (κ3) is 3.47. The first-order valence-electron chi connectivity index (χ1n) is 6.19. The van der Waals surface area contributed by atoms with Crippen molar-refractivity contribution in [2.75, 3.05) is 6.54 Å². The molecule has 0 atom stereocenters. The van der Waals surface area contributed by atoms with Crippen LogP contribution in [0.25, 0.3) is 0 Å². The van der Waals surface area contributed by atoms with Gasteiger partial charge in [0, 0.05) is 11.6 Å². The van der Waals surface area contributed by atoms with E-state index in [9.17, 15) is 4.79 Å². The molecule has 3 nitrogen and oxygen atoms in total. The fourth-order valence-electron chi connectivity index (χ4n) is 1.84. The van der Waals surface area contributed by atoms with Gasteiger partial charge in [-0.1, -0.05) is 37.6 Å². The molecule has 0 bridgehead atoms. The molecule has 0 spiro atoms. The van der Waals surface area contributed by atoms with E-state index >= 15 is 0 Å². The predicted octanol–water partition coefficient (Wildman–Crippen LogP) is 3.15. The van der Waals surface area contributed by atoms with E-state index in [0.29, 0.717) is 24.4 Å².